The molecule has 0 fully saturated rings. The maximum Gasteiger partial charge on any atom is 0.279 e. The van der Waals surface area contributed by atoms with Gasteiger partial charge in [0.15, 0.2) is 5.52 Å². The Labute approximate surface area is 143 Å². The molecule has 0 aliphatic rings. The normalized spacial score (nSPS) is 11.5. The third-order valence-corrected chi connectivity index (χ3v) is 4.10. The number of aromatic nitrogens is 4. The van der Waals surface area contributed by atoms with Crippen molar-refractivity contribution in [3.05, 3.63) is 55.7 Å². The molecule has 23 heavy (non-hydrogen) atoms. The molecule has 3 rings (SSSR count). The van der Waals surface area contributed by atoms with E-state index >= 15 is 0 Å². The van der Waals surface area contributed by atoms with Crippen molar-refractivity contribution >= 4 is 34.2 Å². The number of hydrogen-bond acceptors (Lipinski definition) is 3. The molecular weight excluding hydrogens is 335 g/mol. The molecular formula is C16H16Cl2N4O. The van der Waals surface area contributed by atoms with Crippen molar-refractivity contribution in [2.75, 3.05) is 0 Å². The quantitative estimate of drug-likeness (QED) is 0.752. The standard InChI is InChI=1S/C16H16Cl2N4O/c1-8(2)5-12-14-15(22-21-12)16(23)20-13(19-14)6-9-3-4-10(17)7-11(9)18/h3-4,7-8H,5-6H2,1-2H3,(H,21,22)(H,19,20,23). The summed E-state index contributed by atoms with van der Waals surface area (Å²) in [5.41, 5.74) is 2.45. The number of hydrogen-bond donors (Lipinski definition) is 2. The van der Waals surface area contributed by atoms with Crippen LogP contribution in [0.2, 0.25) is 10.0 Å². The average Bonchev–Trinajstić information content (AvgIpc) is 2.85. The van der Waals surface area contributed by atoms with Crippen LogP contribution in [0.3, 0.4) is 0 Å². The number of fused-ring (bicyclic) bond motifs is 1. The third-order valence-electron chi connectivity index (χ3n) is 3.52. The van der Waals surface area contributed by atoms with Crippen molar-refractivity contribution in [2.24, 2.45) is 5.92 Å². The van der Waals surface area contributed by atoms with Gasteiger partial charge < -0.3 is 4.98 Å². The number of H-pyrrole nitrogens is 2. The Balaban J connectivity index is 2.02. The molecule has 3 aromatic rings. The van der Waals surface area contributed by atoms with E-state index in [1.165, 1.54) is 0 Å². The molecule has 0 amide bonds. The highest BCUT2D eigenvalue weighted by Gasteiger charge is 2.14. The topological polar surface area (TPSA) is 74.4 Å². The lowest BCUT2D eigenvalue weighted by Gasteiger charge is -2.05. The Bertz CT molecular complexity index is 914. The minimum atomic E-state index is -0.249. The smallest absolute Gasteiger partial charge is 0.279 e. The van der Waals surface area contributed by atoms with E-state index in [4.69, 9.17) is 23.2 Å². The van der Waals surface area contributed by atoms with Crippen molar-refractivity contribution < 1.29 is 0 Å². The summed E-state index contributed by atoms with van der Waals surface area (Å²) in [5, 5.41) is 8.12. The van der Waals surface area contributed by atoms with Crippen LogP contribution in [-0.4, -0.2) is 20.2 Å². The van der Waals surface area contributed by atoms with E-state index in [0.29, 0.717) is 39.2 Å². The minimum Gasteiger partial charge on any atom is -0.308 e. The lowest BCUT2D eigenvalue weighted by molar-refractivity contribution is 0.635. The van der Waals surface area contributed by atoms with Crippen molar-refractivity contribution in [1.29, 1.82) is 0 Å². The zero-order chi connectivity index (χ0) is 16.6. The van der Waals surface area contributed by atoms with Gasteiger partial charge in [0.25, 0.3) is 5.56 Å². The molecule has 0 saturated carbocycles. The molecule has 0 unspecified atom stereocenters. The first-order valence-electron chi connectivity index (χ1n) is 7.34. The highest BCUT2D eigenvalue weighted by atomic mass is 35.5. The molecule has 0 radical (unpaired) electrons. The van der Waals surface area contributed by atoms with Crippen LogP contribution in [0, 0.1) is 5.92 Å². The van der Waals surface area contributed by atoms with Crippen molar-refractivity contribution in [2.45, 2.75) is 26.7 Å². The molecule has 0 aliphatic heterocycles. The summed E-state index contributed by atoms with van der Waals surface area (Å²) in [5.74, 6) is 0.993. The predicted molar refractivity (Wildman–Crippen MR) is 92.3 cm³/mol. The van der Waals surface area contributed by atoms with E-state index in [0.717, 1.165) is 17.7 Å². The number of benzene rings is 1. The van der Waals surface area contributed by atoms with Gasteiger partial charge in [0.1, 0.15) is 11.3 Å². The minimum absolute atomic E-state index is 0.249. The first-order chi connectivity index (χ1) is 10.9. The van der Waals surface area contributed by atoms with E-state index in [9.17, 15) is 4.79 Å². The summed E-state index contributed by atoms with van der Waals surface area (Å²) < 4.78 is 0. The molecule has 2 aromatic heterocycles. The SMILES string of the molecule is CC(C)Cc1[nH]nc2c(=O)[nH]c(Cc3ccc(Cl)cc3Cl)nc12. The van der Waals surface area contributed by atoms with Crippen LogP contribution < -0.4 is 5.56 Å². The van der Waals surface area contributed by atoms with Gasteiger partial charge in [-0.1, -0.05) is 43.1 Å². The Morgan fingerprint density at radius 2 is 2.00 bits per heavy atom. The summed E-state index contributed by atoms with van der Waals surface area (Å²) in [6.45, 7) is 4.21. The molecule has 0 aliphatic carbocycles. The van der Waals surface area contributed by atoms with Crippen LogP contribution in [0.4, 0.5) is 0 Å². The Morgan fingerprint density at radius 3 is 2.70 bits per heavy atom. The summed E-state index contributed by atoms with van der Waals surface area (Å²) >= 11 is 12.1. The van der Waals surface area contributed by atoms with Crippen LogP contribution in [0.25, 0.3) is 11.0 Å². The molecule has 120 valence electrons. The summed E-state index contributed by atoms with van der Waals surface area (Å²) in [6, 6.07) is 5.28. The molecule has 2 N–H and O–H groups in total. The first-order valence-corrected chi connectivity index (χ1v) is 8.09. The van der Waals surface area contributed by atoms with E-state index in [1.807, 2.05) is 6.07 Å². The fourth-order valence-electron chi connectivity index (χ4n) is 2.48. The monoisotopic (exact) mass is 350 g/mol. The van der Waals surface area contributed by atoms with Crippen molar-refractivity contribution in [3.63, 3.8) is 0 Å². The van der Waals surface area contributed by atoms with E-state index < -0.39 is 0 Å². The second-order valence-electron chi connectivity index (χ2n) is 5.92. The van der Waals surface area contributed by atoms with E-state index in [1.54, 1.807) is 12.1 Å². The average molecular weight is 351 g/mol. The molecule has 1 aromatic carbocycles. The lowest BCUT2D eigenvalue weighted by Crippen LogP contribution is -2.12. The molecule has 0 bridgehead atoms. The zero-order valence-corrected chi connectivity index (χ0v) is 14.3. The fraction of sp³-hybridized carbons (Fsp3) is 0.312. The molecule has 2 heterocycles. The van der Waals surface area contributed by atoms with Gasteiger partial charge in [0.2, 0.25) is 0 Å². The largest absolute Gasteiger partial charge is 0.308 e. The van der Waals surface area contributed by atoms with Crippen LogP contribution >= 0.6 is 23.2 Å². The highest BCUT2D eigenvalue weighted by molar-refractivity contribution is 6.35. The molecule has 5 nitrogen and oxygen atoms in total. The second-order valence-corrected chi connectivity index (χ2v) is 6.77. The lowest BCUT2D eigenvalue weighted by atomic mass is 10.1. The number of nitrogens with one attached hydrogen (secondary N) is 2. The van der Waals surface area contributed by atoms with Gasteiger partial charge in [-0.05, 0) is 30.0 Å². The highest BCUT2D eigenvalue weighted by Crippen LogP contribution is 2.23. The number of halogens is 2. The van der Waals surface area contributed by atoms with Gasteiger partial charge in [0.05, 0.1) is 5.69 Å². The van der Waals surface area contributed by atoms with Gasteiger partial charge in [-0.3, -0.25) is 9.89 Å². The summed E-state index contributed by atoms with van der Waals surface area (Å²) in [4.78, 5) is 19.5. The summed E-state index contributed by atoms with van der Waals surface area (Å²) in [6.07, 6.45) is 1.21. The number of rotatable bonds is 4. The third kappa shape index (κ3) is 3.41. The maximum atomic E-state index is 12.2. The Kier molecular flexibility index (Phi) is 4.41. The van der Waals surface area contributed by atoms with Crippen molar-refractivity contribution in [1.82, 2.24) is 20.2 Å². The fourth-order valence-corrected chi connectivity index (χ4v) is 2.96. The molecule has 7 heteroatoms. The molecule has 0 atom stereocenters. The Morgan fingerprint density at radius 1 is 1.22 bits per heavy atom. The number of nitrogens with zero attached hydrogens (tertiary/aromatic N) is 2. The van der Waals surface area contributed by atoms with Crippen LogP contribution in [0.15, 0.2) is 23.0 Å². The molecule has 0 spiro atoms. The van der Waals surface area contributed by atoms with Crippen LogP contribution in [-0.2, 0) is 12.8 Å². The van der Waals surface area contributed by atoms with Gasteiger partial charge >= 0.3 is 0 Å². The van der Waals surface area contributed by atoms with E-state index in [2.05, 4.69) is 34.0 Å². The first kappa shape index (κ1) is 16.0. The van der Waals surface area contributed by atoms with Gasteiger partial charge in [-0.2, -0.15) is 5.10 Å². The summed E-state index contributed by atoms with van der Waals surface area (Å²) in [7, 11) is 0. The van der Waals surface area contributed by atoms with E-state index in [-0.39, 0.29) is 5.56 Å². The van der Waals surface area contributed by atoms with Gasteiger partial charge in [0, 0.05) is 16.5 Å². The Hall–Kier alpha value is -1.85. The van der Waals surface area contributed by atoms with Crippen LogP contribution in [0.1, 0.15) is 30.9 Å². The maximum absolute atomic E-state index is 12.2. The van der Waals surface area contributed by atoms with Gasteiger partial charge in [-0.15, -0.1) is 0 Å². The predicted octanol–water partition coefficient (Wildman–Crippen LogP) is 3.74. The van der Waals surface area contributed by atoms with Crippen LogP contribution in [0.5, 0.6) is 0 Å². The number of aromatic amines is 2. The zero-order valence-electron chi connectivity index (χ0n) is 12.8. The van der Waals surface area contributed by atoms with Gasteiger partial charge in [-0.25, -0.2) is 4.98 Å². The molecule has 0 saturated heterocycles. The van der Waals surface area contributed by atoms with Crippen molar-refractivity contribution in [3.8, 4) is 0 Å². The second kappa shape index (κ2) is 6.34.